The highest BCUT2D eigenvalue weighted by Crippen LogP contribution is 2.07. The maximum atomic E-state index is 11.5. The number of carbonyl (C=O) groups excluding carboxylic acids is 2. The van der Waals surface area contributed by atoms with Crippen LogP contribution < -0.4 is 5.32 Å². The zero-order valence-corrected chi connectivity index (χ0v) is 9.03. The fraction of sp³-hybridized carbons (Fsp3) is 0.167. The van der Waals surface area contributed by atoms with E-state index >= 15 is 0 Å². The summed E-state index contributed by atoms with van der Waals surface area (Å²) in [6.07, 6.45) is 0.206. The minimum atomic E-state index is -0.520. The number of benzene rings is 1. The maximum Gasteiger partial charge on any atom is 0.311 e. The Morgan fingerprint density at radius 2 is 1.94 bits per heavy atom. The lowest BCUT2D eigenvalue weighted by Gasteiger charge is -2.07. The van der Waals surface area contributed by atoms with Crippen LogP contribution in [-0.2, 0) is 14.3 Å². The van der Waals surface area contributed by atoms with E-state index in [0.29, 0.717) is 5.69 Å². The molecule has 0 bridgehead atoms. The lowest BCUT2D eigenvalue weighted by atomic mass is 10.3. The average Bonchev–Trinajstić information content (AvgIpc) is 2.30. The standard InChI is InChI=1S/C12H13NO3/c1-3-11(14)16-9(2)12(15)13-10-7-5-4-6-8-10/h4-8H,2-3H2,1H3,(H,13,15). The monoisotopic (exact) mass is 219 g/mol. The molecule has 0 spiro atoms. The van der Waals surface area contributed by atoms with Crippen molar-refractivity contribution in [2.24, 2.45) is 0 Å². The first-order valence-electron chi connectivity index (χ1n) is 4.89. The van der Waals surface area contributed by atoms with E-state index in [9.17, 15) is 9.59 Å². The molecule has 1 aromatic rings. The summed E-state index contributed by atoms with van der Waals surface area (Å²) in [6.45, 7) is 5.03. The van der Waals surface area contributed by atoms with Crippen LogP contribution in [0.4, 0.5) is 5.69 Å². The van der Waals surface area contributed by atoms with E-state index < -0.39 is 11.9 Å². The summed E-state index contributed by atoms with van der Waals surface area (Å²) in [4.78, 5) is 22.4. The normalized spacial score (nSPS) is 9.31. The van der Waals surface area contributed by atoms with Gasteiger partial charge in [-0.25, -0.2) is 0 Å². The molecule has 0 saturated carbocycles. The molecule has 16 heavy (non-hydrogen) atoms. The van der Waals surface area contributed by atoms with E-state index in [1.54, 1.807) is 31.2 Å². The Kier molecular flexibility index (Phi) is 4.27. The fourth-order valence-corrected chi connectivity index (χ4v) is 0.978. The topological polar surface area (TPSA) is 55.4 Å². The Labute approximate surface area is 93.9 Å². The lowest BCUT2D eigenvalue weighted by molar-refractivity contribution is -0.141. The zero-order valence-electron chi connectivity index (χ0n) is 9.03. The van der Waals surface area contributed by atoms with Crippen LogP contribution in [-0.4, -0.2) is 11.9 Å². The smallest absolute Gasteiger partial charge is 0.311 e. The predicted octanol–water partition coefficient (Wildman–Crippen LogP) is 2.09. The van der Waals surface area contributed by atoms with Gasteiger partial charge in [-0.15, -0.1) is 0 Å². The van der Waals surface area contributed by atoms with Gasteiger partial charge in [-0.2, -0.15) is 0 Å². The third kappa shape index (κ3) is 3.57. The summed E-state index contributed by atoms with van der Waals surface area (Å²) >= 11 is 0. The summed E-state index contributed by atoms with van der Waals surface area (Å²) in [5, 5.41) is 2.56. The molecular weight excluding hydrogens is 206 g/mol. The molecule has 0 unspecified atom stereocenters. The highest BCUT2D eigenvalue weighted by atomic mass is 16.5. The number of anilines is 1. The van der Waals surface area contributed by atoms with Crippen LogP contribution in [0, 0.1) is 0 Å². The van der Waals surface area contributed by atoms with Crippen molar-refractivity contribution in [2.45, 2.75) is 13.3 Å². The van der Waals surface area contributed by atoms with Gasteiger partial charge in [-0.1, -0.05) is 31.7 Å². The van der Waals surface area contributed by atoms with Crippen molar-refractivity contribution >= 4 is 17.6 Å². The molecule has 0 aliphatic rings. The van der Waals surface area contributed by atoms with Crippen molar-refractivity contribution in [3.63, 3.8) is 0 Å². The van der Waals surface area contributed by atoms with E-state index in [1.807, 2.05) is 6.07 Å². The third-order valence-electron chi connectivity index (χ3n) is 1.81. The third-order valence-corrected chi connectivity index (χ3v) is 1.81. The van der Waals surface area contributed by atoms with Crippen LogP contribution in [0.5, 0.6) is 0 Å². The average molecular weight is 219 g/mol. The number of esters is 1. The maximum absolute atomic E-state index is 11.5. The Morgan fingerprint density at radius 1 is 1.31 bits per heavy atom. The molecule has 0 atom stereocenters. The minimum Gasteiger partial charge on any atom is -0.421 e. The summed E-state index contributed by atoms with van der Waals surface area (Å²) < 4.78 is 4.69. The van der Waals surface area contributed by atoms with Crippen LogP contribution >= 0.6 is 0 Å². The van der Waals surface area contributed by atoms with E-state index in [0.717, 1.165) is 0 Å². The van der Waals surface area contributed by atoms with Gasteiger partial charge in [-0.05, 0) is 12.1 Å². The molecular formula is C12H13NO3. The number of para-hydroxylation sites is 1. The van der Waals surface area contributed by atoms with Crippen molar-refractivity contribution in [1.82, 2.24) is 0 Å². The minimum absolute atomic E-state index is 0.198. The predicted molar refractivity (Wildman–Crippen MR) is 60.6 cm³/mol. The van der Waals surface area contributed by atoms with Gasteiger partial charge in [-0.3, -0.25) is 9.59 Å². The number of hydrogen-bond acceptors (Lipinski definition) is 3. The molecule has 0 fully saturated rings. The Hall–Kier alpha value is -2.10. The van der Waals surface area contributed by atoms with Gasteiger partial charge in [0.15, 0.2) is 5.76 Å². The number of hydrogen-bond donors (Lipinski definition) is 1. The van der Waals surface area contributed by atoms with Crippen molar-refractivity contribution in [3.05, 3.63) is 42.7 Å². The molecule has 4 nitrogen and oxygen atoms in total. The van der Waals surface area contributed by atoms with Crippen molar-refractivity contribution in [1.29, 1.82) is 0 Å². The second kappa shape index (κ2) is 5.70. The lowest BCUT2D eigenvalue weighted by Crippen LogP contribution is -2.17. The van der Waals surface area contributed by atoms with Crippen LogP contribution in [0.3, 0.4) is 0 Å². The van der Waals surface area contributed by atoms with Crippen LogP contribution in [0.1, 0.15) is 13.3 Å². The summed E-state index contributed by atoms with van der Waals surface area (Å²) in [5.74, 6) is -1.20. The number of amides is 1. The van der Waals surface area contributed by atoms with Crippen molar-refractivity contribution < 1.29 is 14.3 Å². The van der Waals surface area contributed by atoms with Gasteiger partial charge >= 0.3 is 5.97 Å². The first kappa shape index (κ1) is 12.0. The molecule has 0 radical (unpaired) electrons. The second-order valence-electron chi connectivity index (χ2n) is 3.07. The van der Waals surface area contributed by atoms with Crippen molar-refractivity contribution in [3.8, 4) is 0 Å². The summed E-state index contributed by atoms with van der Waals surface area (Å²) in [6, 6.07) is 8.87. The first-order valence-corrected chi connectivity index (χ1v) is 4.89. The van der Waals surface area contributed by atoms with E-state index in [-0.39, 0.29) is 12.2 Å². The number of rotatable bonds is 4. The first-order chi connectivity index (χ1) is 7.63. The van der Waals surface area contributed by atoms with Gasteiger partial charge < -0.3 is 10.1 Å². The molecule has 1 N–H and O–H groups in total. The van der Waals surface area contributed by atoms with Gasteiger partial charge in [0.25, 0.3) is 5.91 Å². The Bertz CT molecular complexity index is 398. The largest absolute Gasteiger partial charge is 0.421 e. The number of carbonyl (C=O) groups is 2. The molecule has 0 aliphatic heterocycles. The van der Waals surface area contributed by atoms with Crippen LogP contribution in [0.25, 0.3) is 0 Å². The van der Waals surface area contributed by atoms with Gasteiger partial charge in [0, 0.05) is 12.1 Å². The molecule has 4 heteroatoms. The summed E-state index contributed by atoms with van der Waals surface area (Å²) in [5.41, 5.74) is 0.626. The van der Waals surface area contributed by atoms with Gasteiger partial charge in [0.1, 0.15) is 0 Å². The SMILES string of the molecule is C=C(OC(=O)CC)C(=O)Nc1ccccc1. The van der Waals surface area contributed by atoms with E-state index in [1.165, 1.54) is 0 Å². The van der Waals surface area contributed by atoms with Crippen LogP contribution in [0.15, 0.2) is 42.7 Å². The summed E-state index contributed by atoms with van der Waals surface area (Å²) in [7, 11) is 0. The van der Waals surface area contributed by atoms with E-state index in [4.69, 9.17) is 0 Å². The van der Waals surface area contributed by atoms with E-state index in [2.05, 4.69) is 16.6 Å². The molecule has 0 heterocycles. The number of ether oxygens (including phenoxy) is 1. The highest BCUT2D eigenvalue weighted by molar-refractivity contribution is 6.03. The molecule has 0 saturated heterocycles. The molecule has 1 amide bonds. The molecule has 1 rings (SSSR count). The van der Waals surface area contributed by atoms with Crippen LogP contribution in [0.2, 0.25) is 0 Å². The number of nitrogens with one attached hydrogen (secondary N) is 1. The second-order valence-corrected chi connectivity index (χ2v) is 3.07. The molecule has 0 aromatic heterocycles. The Balaban J connectivity index is 2.53. The van der Waals surface area contributed by atoms with Gasteiger partial charge in [0.05, 0.1) is 0 Å². The molecule has 84 valence electrons. The fourth-order valence-electron chi connectivity index (χ4n) is 0.978. The Morgan fingerprint density at radius 3 is 2.50 bits per heavy atom. The van der Waals surface area contributed by atoms with Gasteiger partial charge in [0.2, 0.25) is 0 Å². The molecule has 0 aliphatic carbocycles. The zero-order chi connectivity index (χ0) is 12.0. The quantitative estimate of drug-likeness (QED) is 0.479. The highest BCUT2D eigenvalue weighted by Gasteiger charge is 2.11. The van der Waals surface area contributed by atoms with Crippen molar-refractivity contribution in [2.75, 3.05) is 5.32 Å². The molecule has 1 aromatic carbocycles.